The van der Waals surface area contributed by atoms with Gasteiger partial charge in [0.1, 0.15) is 13.2 Å². The number of carbonyl (C=O) groups excluding carboxylic acids is 1. The van der Waals surface area contributed by atoms with Gasteiger partial charge in [0.2, 0.25) is 5.76 Å². The summed E-state index contributed by atoms with van der Waals surface area (Å²) in [4.78, 5) is 25.5. The number of fused-ring (bicyclic) bond motifs is 1. The molecule has 130 valence electrons. The van der Waals surface area contributed by atoms with Gasteiger partial charge in [0, 0.05) is 12.1 Å². The van der Waals surface area contributed by atoms with Crippen LogP contribution in [0.1, 0.15) is 45.6 Å². The maximum absolute atomic E-state index is 12.8. The van der Waals surface area contributed by atoms with E-state index in [4.69, 9.17) is 19.0 Å². The van der Waals surface area contributed by atoms with Gasteiger partial charge in [0.15, 0.2) is 17.3 Å². The highest BCUT2D eigenvalue weighted by Gasteiger charge is 2.35. The minimum atomic E-state index is -1.19. The highest BCUT2D eigenvalue weighted by Crippen LogP contribution is 2.43. The molecule has 1 atom stereocenters. The predicted molar refractivity (Wildman–Crippen MR) is 86.1 cm³/mol. The molecule has 7 heteroatoms. The van der Waals surface area contributed by atoms with E-state index in [2.05, 4.69) is 0 Å². The Morgan fingerprint density at radius 2 is 1.88 bits per heavy atom. The third-order valence-electron chi connectivity index (χ3n) is 4.50. The average molecular weight is 343 g/mol. The molecule has 2 aliphatic heterocycles. The van der Waals surface area contributed by atoms with E-state index in [1.54, 1.807) is 4.90 Å². The molecule has 7 nitrogen and oxygen atoms in total. The highest BCUT2D eigenvalue weighted by molar-refractivity contribution is 5.94. The monoisotopic (exact) mass is 343 g/mol. The summed E-state index contributed by atoms with van der Waals surface area (Å²) in [5, 5.41) is 8.96. The molecule has 0 aliphatic carbocycles. The fourth-order valence-electron chi connectivity index (χ4n) is 3.40. The molecule has 1 fully saturated rings. The number of hydrogen-bond donors (Lipinski definition) is 1. The number of likely N-dealkylation sites (tertiary alicyclic amines) is 1. The zero-order valence-corrected chi connectivity index (χ0v) is 13.4. The molecule has 1 aromatic heterocycles. The second kappa shape index (κ2) is 6.16. The number of carboxylic acid groups (broad SMARTS) is 1. The normalized spacial score (nSPS) is 19.0. The molecular weight excluding hydrogens is 326 g/mol. The number of hydrogen-bond acceptors (Lipinski definition) is 5. The molecule has 1 unspecified atom stereocenters. The maximum Gasteiger partial charge on any atom is 0.371 e. The summed E-state index contributed by atoms with van der Waals surface area (Å²) in [7, 11) is 0. The van der Waals surface area contributed by atoms with Gasteiger partial charge >= 0.3 is 5.97 Å². The Labute approximate surface area is 143 Å². The van der Waals surface area contributed by atoms with Crippen molar-refractivity contribution < 1.29 is 28.6 Å². The fourth-order valence-corrected chi connectivity index (χ4v) is 3.40. The number of aromatic carboxylic acids is 1. The van der Waals surface area contributed by atoms with Crippen molar-refractivity contribution in [3.8, 4) is 11.5 Å². The van der Waals surface area contributed by atoms with Gasteiger partial charge in [0.05, 0.1) is 6.04 Å². The molecule has 2 aliphatic rings. The second-order valence-corrected chi connectivity index (χ2v) is 6.00. The smallest absolute Gasteiger partial charge is 0.371 e. The van der Waals surface area contributed by atoms with E-state index in [1.165, 1.54) is 12.1 Å². The van der Waals surface area contributed by atoms with Gasteiger partial charge in [0.25, 0.3) is 5.91 Å². The number of nitrogens with zero attached hydrogens (tertiary/aromatic N) is 1. The van der Waals surface area contributed by atoms with Crippen molar-refractivity contribution >= 4 is 11.9 Å². The molecule has 0 radical (unpaired) electrons. The number of ether oxygens (including phenoxy) is 2. The molecule has 1 amide bonds. The summed E-state index contributed by atoms with van der Waals surface area (Å²) in [5.74, 6) is -0.346. The minimum Gasteiger partial charge on any atom is -0.486 e. The first-order valence-corrected chi connectivity index (χ1v) is 8.18. The lowest BCUT2D eigenvalue weighted by Crippen LogP contribution is -2.31. The second-order valence-electron chi connectivity index (χ2n) is 6.00. The van der Waals surface area contributed by atoms with Crippen molar-refractivity contribution in [1.82, 2.24) is 4.90 Å². The van der Waals surface area contributed by atoms with Gasteiger partial charge < -0.3 is 23.9 Å². The molecule has 1 saturated heterocycles. The number of carbonyl (C=O) groups is 2. The lowest BCUT2D eigenvalue weighted by atomic mass is 10.0. The zero-order valence-electron chi connectivity index (χ0n) is 13.4. The molecule has 3 heterocycles. The lowest BCUT2D eigenvalue weighted by molar-refractivity contribution is 0.0644. The molecule has 2 aromatic rings. The van der Waals surface area contributed by atoms with E-state index in [-0.39, 0.29) is 23.5 Å². The Morgan fingerprint density at radius 1 is 1.08 bits per heavy atom. The number of benzene rings is 1. The van der Waals surface area contributed by atoms with E-state index >= 15 is 0 Å². The molecule has 25 heavy (non-hydrogen) atoms. The minimum absolute atomic E-state index is 0.0336. The first kappa shape index (κ1) is 15.6. The number of amides is 1. The molecule has 1 aromatic carbocycles. The van der Waals surface area contributed by atoms with Gasteiger partial charge in [-0.1, -0.05) is 12.1 Å². The van der Waals surface area contributed by atoms with Gasteiger partial charge in [-0.05, 0) is 31.0 Å². The fraction of sp³-hybridized carbons (Fsp3) is 0.333. The molecule has 1 N–H and O–H groups in total. The first-order chi connectivity index (χ1) is 12.1. The standard InChI is InChI=1S/C18H17NO6/c20-17(14-6-7-15(25-14)18(21)22)19-8-2-4-12(19)11-3-1-5-13-16(11)24-10-9-23-13/h1,3,5-7,12H,2,4,8-10H2,(H,21,22). The van der Waals surface area contributed by atoms with Crippen LogP contribution >= 0.6 is 0 Å². The van der Waals surface area contributed by atoms with E-state index < -0.39 is 5.97 Å². The van der Waals surface area contributed by atoms with Crippen LogP contribution in [0.3, 0.4) is 0 Å². The summed E-state index contributed by atoms with van der Waals surface area (Å²) in [6, 6.07) is 8.23. The van der Waals surface area contributed by atoms with Crippen LogP contribution in [0, 0.1) is 0 Å². The zero-order chi connectivity index (χ0) is 17.4. The van der Waals surface area contributed by atoms with Crippen LogP contribution in [-0.4, -0.2) is 41.6 Å². The quantitative estimate of drug-likeness (QED) is 0.922. The number of carboxylic acids is 1. The van der Waals surface area contributed by atoms with Crippen LogP contribution in [0.15, 0.2) is 34.7 Å². The average Bonchev–Trinajstić information content (AvgIpc) is 3.30. The van der Waals surface area contributed by atoms with Crippen LogP contribution < -0.4 is 9.47 Å². The summed E-state index contributed by atoms with van der Waals surface area (Å²) < 4.78 is 16.6. The molecule has 4 rings (SSSR count). The van der Waals surface area contributed by atoms with E-state index in [9.17, 15) is 9.59 Å². The van der Waals surface area contributed by atoms with Crippen LogP contribution in [0.25, 0.3) is 0 Å². The van der Waals surface area contributed by atoms with Crippen molar-refractivity contribution in [2.45, 2.75) is 18.9 Å². The van der Waals surface area contributed by atoms with Crippen molar-refractivity contribution in [2.24, 2.45) is 0 Å². The summed E-state index contributed by atoms with van der Waals surface area (Å²) in [6.07, 6.45) is 1.66. The third-order valence-corrected chi connectivity index (χ3v) is 4.50. The van der Waals surface area contributed by atoms with E-state index in [0.29, 0.717) is 31.3 Å². The van der Waals surface area contributed by atoms with Crippen LogP contribution in [0.5, 0.6) is 11.5 Å². The number of furan rings is 1. The topological polar surface area (TPSA) is 89.2 Å². The van der Waals surface area contributed by atoms with Gasteiger partial charge in [-0.25, -0.2) is 4.79 Å². The largest absolute Gasteiger partial charge is 0.486 e. The van der Waals surface area contributed by atoms with Crippen LogP contribution in [0.2, 0.25) is 0 Å². The van der Waals surface area contributed by atoms with Gasteiger partial charge in [-0.3, -0.25) is 4.79 Å². The highest BCUT2D eigenvalue weighted by atomic mass is 16.6. The molecule has 0 saturated carbocycles. The van der Waals surface area contributed by atoms with Crippen molar-refractivity contribution in [3.05, 3.63) is 47.4 Å². The summed E-state index contributed by atoms with van der Waals surface area (Å²) >= 11 is 0. The number of rotatable bonds is 3. The first-order valence-electron chi connectivity index (χ1n) is 8.18. The van der Waals surface area contributed by atoms with E-state index in [1.807, 2.05) is 18.2 Å². The van der Waals surface area contributed by atoms with Gasteiger partial charge in [-0.15, -0.1) is 0 Å². The van der Waals surface area contributed by atoms with Crippen LogP contribution in [0.4, 0.5) is 0 Å². The SMILES string of the molecule is O=C(O)c1ccc(C(=O)N2CCCC2c2cccc3c2OCCO3)o1. The molecule has 0 bridgehead atoms. The Bertz CT molecular complexity index is 827. The van der Waals surface area contributed by atoms with E-state index in [0.717, 1.165) is 18.4 Å². The van der Waals surface area contributed by atoms with Crippen molar-refractivity contribution in [1.29, 1.82) is 0 Å². The molecule has 0 spiro atoms. The summed E-state index contributed by atoms with van der Waals surface area (Å²) in [5.41, 5.74) is 0.910. The lowest BCUT2D eigenvalue weighted by Gasteiger charge is -2.28. The number of para-hydroxylation sites is 1. The Hall–Kier alpha value is -2.96. The van der Waals surface area contributed by atoms with Crippen molar-refractivity contribution in [3.63, 3.8) is 0 Å². The maximum atomic E-state index is 12.8. The van der Waals surface area contributed by atoms with Crippen molar-refractivity contribution in [2.75, 3.05) is 19.8 Å². The predicted octanol–water partition coefficient (Wildman–Crippen LogP) is 2.73. The van der Waals surface area contributed by atoms with Crippen LogP contribution in [-0.2, 0) is 0 Å². The Morgan fingerprint density at radius 3 is 2.68 bits per heavy atom. The Kier molecular flexibility index (Phi) is 3.83. The third kappa shape index (κ3) is 2.71. The molecular formula is C18H17NO6. The van der Waals surface area contributed by atoms with Gasteiger partial charge in [-0.2, -0.15) is 0 Å². The Balaban J connectivity index is 1.64. The summed E-state index contributed by atoms with van der Waals surface area (Å²) in [6.45, 7) is 1.57.